The number of rotatable bonds is 9. The first-order valence-electron chi connectivity index (χ1n) is 7.95. The zero-order valence-electron chi connectivity index (χ0n) is 14.1. The van der Waals surface area contributed by atoms with Gasteiger partial charge in [0, 0.05) is 31.6 Å². The van der Waals surface area contributed by atoms with Gasteiger partial charge in [0.25, 0.3) is 5.91 Å². The van der Waals surface area contributed by atoms with Gasteiger partial charge in [0.05, 0.1) is 0 Å². The Bertz CT molecular complexity index is 588. The first-order valence-corrected chi connectivity index (χ1v) is 7.95. The number of carbonyl (C=O) groups is 1. The van der Waals surface area contributed by atoms with E-state index in [1.165, 1.54) is 6.20 Å². The van der Waals surface area contributed by atoms with Gasteiger partial charge in [-0.05, 0) is 37.8 Å². The fourth-order valence-electron chi connectivity index (χ4n) is 2.14. The standard InChI is InChI=1S/C18H25N3O2/c1-4-15-9-6-8-14(3)17(15)21-13-16(12-19)18(22)20-10-7-11-23-5-2/h6,8-9,13,21H,4-5,7,10-11H2,1-3H3,(H,20,22)/b16-13-. The van der Waals surface area contributed by atoms with E-state index in [9.17, 15) is 4.79 Å². The highest BCUT2D eigenvalue weighted by molar-refractivity contribution is 5.97. The minimum Gasteiger partial charge on any atom is -0.382 e. The number of nitriles is 1. The summed E-state index contributed by atoms with van der Waals surface area (Å²) < 4.78 is 5.20. The van der Waals surface area contributed by atoms with E-state index in [1.54, 1.807) is 0 Å². The van der Waals surface area contributed by atoms with Crippen LogP contribution in [0.25, 0.3) is 0 Å². The minimum atomic E-state index is -0.372. The summed E-state index contributed by atoms with van der Waals surface area (Å²) in [6.45, 7) is 7.75. The predicted octanol–water partition coefficient (Wildman–Crippen LogP) is 2.92. The van der Waals surface area contributed by atoms with E-state index in [0.29, 0.717) is 19.8 Å². The molecule has 1 aromatic carbocycles. The number of hydrogen-bond acceptors (Lipinski definition) is 4. The topological polar surface area (TPSA) is 74.1 Å². The number of benzene rings is 1. The average molecular weight is 315 g/mol. The zero-order valence-corrected chi connectivity index (χ0v) is 14.1. The summed E-state index contributed by atoms with van der Waals surface area (Å²) in [4.78, 5) is 12.0. The summed E-state index contributed by atoms with van der Waals surface area (Å²) in [5.41, 5.74) is 3.24. The lowest BCUT2D eigenvalue weighted by atomic mass is 10.1. The number of ether oxygens (including phenoxy) is 1. The quantitative estimate of drug-likeness (QED) is 0.417. The highest BCUT2D eigenvalue weighted by Crippen LogP contribution is 2.21. The second kappa shape index (κ2) is 10.4. The van der Waals surface area contributed by atoms with Crippen LogP contribution in [0.5, 0.6) is 0 Å². The van der Waals surface area contributed by atoms with Crippen LogP contribution in [0.2, 0.25) is 0 Å². The Balaban J connectivity index is 2.66. The van der Waals surface area contributed by atoms with Gasteiger partial charge in [-0.15, -0.1) is 0 Å². The number of anilines is 1. The normalized spacial score (nSPS) is 11.0. The predicted molar refractivity (Wildman–Crippen MR) is 92.0 cm³/mol. The Morgan fingerprint density at radius 2 is 2.17 bits per heavy atom. The summed E-state index contributed by atoms with van der Waals surface area (Å²) in [5, 5.41) is 15.0. The molecule has 0 bridgehead atoms. The molecule has 0 aliphatic carbocycles. The van der Waals surface area contributed by atoms with Crippen molar-refractivity contribution in [1.82, 2.24) is 5.32 Å². The second-order valence-corrected chi connectivity index (χ2v) is 5.08. The van der Waals surface area contributed by atoms with Gasteiger partial charge in [-0.1, -0.05) is 25.1 Å². The third-order valence-electron chi connectivity index (χ3n) is 3.42. The lowest BCUT2D eigenvalue weighted by Gasteiger charge is -2.11. The molecule has 1 aromatic rings. The van der Waals surface area contributed by atoms with Gasteiger partial charge in [0.15, 0.2) is 0 Å². The summed E-state index contributed by atoms with van der Waals surface area (Å²) in [6, 6.07) is 7.96. The van der Waals surface area contributed by atoms with E-state index in [4.69, 9.17) is 10.00 Å². The van der Waals surface area contributed by atoms with Crippen LogP contribution in [-0.2, 0) is 16.0 Å². The average Bonchev–Trinajstić information content (AvgIpc) is 2.56. The molecule has 0 heterocycles. The van der Waals surface area contributed by atoms with E-state index in [-0.39, 0.29) is 11.5 Å². The maximum Gasteiger partial charge on any atom is 0.263 e. The van der Waals surface area contributed by atoms with Gasteiger partial charge in [-0.2, -0.15) is 5.26 Å². The molecule has 0 aliphatic heterocycles. The molecule has 5 heteroatoms. The van der Waals surface area contributed by atoms with Crippen LogP contribution in [0, 0.1) is 18.3 Å². The van der Waals surface area contributed by atoms with Crippen molar-refractivity contribution in [3.05, 3.63) is 41.1 Å². The Labute approximate surface area is 138 Å². The Morgan fingerprint density at radius 1 is 1.39 bits per heavy atom. The molecule has 0 saturated heterocycles. The highest BCUT2D eigenvalue weighted by Gasteiger charge is 2.09. The van der Waals surface area contributed by atoms with Gasteiger partial charge < -0.3 is 15.4 Å². The number of amides is 1. The molecular formula is C18H25N3O2. The summed E-state index contributed by atoms with van der Waals surface area (Å²) in [5.74, 6) is -0.372. The SMILES string of the molecule is CCOCCCNC(=O)/C(C#N)=C\Nc1c(C)cccc1CC. The van der Waals surface area contributed by atoms with Crippen LogP contribution in [-0.4, -0.2) is 25.7 Å². The lowest BCUT2D eigenvalue weighted by Crippen LogP contribution is -2.26. The van der Waals surface area contributed by atoms with Crippen LogP contribution in [0.4, 0.5) is 5.69 Å². The van der Waals surface area contributed by atoms with Gasteiger partial charge in [0.1, 0.15) is 11.6 Å². The van der Waals surface area contributed by atoms with Gasteiger partial charge in [0.2, 0.25) is 0 Å². The van der Waals surface area contributed by atoms with Crippen LogP contribution in [0.1, 0.15) is 31.4 Å². The van der Waals surface area contributed by atoms with Crippen LogP contribution in [0.15, 0.2) is 30.0 Å². The number of carbonyl (C=O) groups excluding carboxylic acids is 1. The molecule has 0 unspecified atom stereocenters. The van der Waals surface area contributed by atoms with E-state index in [2.05, 4.69) is 17.6 Å². The van der Waals surface area contributed by atoms with Crippen molar-refractivity contribution in [3.8, 4) is 6.07 Å². The molecule has 23 heavy (non-hydrogen) atoms. The molecule has 2 N–H and O–H groups in total. The molecule has 0 aromatic heterocycles. The molecule has 0 saturated carbocycles. The Hall–Kier alpha value is -2.32. The number of nitrogens with one attached hydrogen (secondary N) is 2. The van der Waals surface area contributed by atoms with Crippen LogP contribution in [0.3, 0.4) is 0 Å². The monoisotopic (exact) mass is 315 g/mol. The molecule has 5 nitrogen and oxygen atoms in total. The molecule has 0 spiro atoms. The van der Waals surface area contributed by atoms with Crippen LogP contribution < -0.4 is 10.6 Å². The Kier molecular flexibility index (Phi) is 8.48. The molecule has 0 radical (unpaired) electrons. The molecule has 0 aliphatic rings. The third kappa shape index (κ3) is 6.13. The maximum atomic E-state index is 12.0. The fourth-order valence-corrected chi connectivity index (χ4v) is 2.14. The second-order valence-electron chi connectivity index (χ2n) is 5.08. The number of para-hydroxylation sites is 1. The Morgan fingerprint density at radius 3 is 2.83 bits per heavy atom. The molecule has 124 valence electrons. The molecule has 0 fully saturated rings. The third-order valence-corrected chi connectivity index (χ3v) is 3.42. The van der Waals surface area contributed by atoms with Gasteiger partial charge >= 0.3 is 0 Å². The van der Waals surface area contributed by atoms with Gasteiger partial charge in [-0.3, -0.25) is 4.79 Å². The van der Waals surface area contributed by atoms with Crippen molar-refractivity contribution in [1.29, 1.82) is 5.26 Å². The van der Waals surface area contributed by atoms with Crippen molar-refractivity contribution in [2.45, 2.75) is 33.6 Å². The first-order chi connectivity index (χ1) is 11.1. The smallest absolute Gasteiger partial charge is 0.263 e. The molecule has 1 amide bonds. The highest BCUT2D eigenvalue weighted by atomic mass is 16.5. The fraction of sp³-hybridized carbons (Fsp3) is 0.444. The summed E-state index contributed by atoms with van der Waals surface area (Å²) in [6.07, 6.45) is 3.08. The zero-order chi connectivity index (χ0) is 17.1. The number of aryl methyl sites for hydroxylation is 2. The van der Waals surface area contributed by atoms with Crippen LogP contribution >= 0.6 is 0 Å². The summed E-state index contributed by atoms with van der Waals surface area (Å²) >= 11 is 0. The molecule has 0 atom stereocenters. The number of nitrogens with zero attached hydrogens (tertiary/aromatic N) is 1. The summed E-state index contributed by atoms with van der Waals surface area (Å²) in [7, 11) is 0. The number of hydrogen-bond donors (Lipinski definition) is 2. The molecular weight excluding hydrogens is 290 g/mol. The van der Waals surface area contributed by atoms with Gasteiger partial charge in [-0.25, -0.2) is 0 Å². The maximum absolute atomic E-state index is 12.0. The van der Waals surface area contributed by atoms with Crippen molar-refractivity contribution < 1.29 is 9.53 Å². The van der Waals surface area contributed by atoms with E-state index in [0.717, 1.165) is 29.7 Å². The van der Waals surface area contributed by atoms with E-state index >= 15 is 0 Å². The first kappa shape index (κ1) is 18.7. The molecule has 1 rings (SSSR count). The van der Waals surface area contributed by atoms with E-state index < -0.39 is 0 Å². The minimum absolute atomic E-state index is 0.0618. The van der Waals surface area contributed by atoms with Crippen molar-refractivity contribution in [2.24, 2.45) is 0 Å². The van der Waals surface area contributed by atoms with Crippen molar-refractivity contribution >= 4 is 11.6 Å². The van der Waals surface area contributed by atoms with Crippen molar-refractivity contribution in [3.63, 3.8) is 0 Å². The van der Waals surface area contributed by atoms with Crippen molar-refractivity contribution in [2.75, 3.05) is 25.1 Å². The van der Waals surface area contributed by atoms with E-state index in [1.807, 2.05) is 38.1 Å². The lowest BCUT2D eigenvalue weighted by molar-refractivity contribution is -0.117. The largest absolute Gasteiger partial charge is 0.382 e.